The number of aryl methyl sites for hydroxylation is 1. The van der Waals surface area contributed by atoms with Crippen molar-refractivity contribution in [3.63, 3.8) is 0 Å². The molecule has 0 N–H and O–H groups in total. The first-order valence-corrected chi connectivity index (χ1v) is 5.86. The van der Waals surface area contributed by atoms with Crippen LogP contribution in [-0.2, 0) is 6.42 Å². The molecule has 0 fully saturated rings. The molecular weight excluding hydrogens is 216 g/mol. The monoisotopic (exact) mass is 230 g/mol. The number of nitrogens with zero attached hydrogens (tertiary/aromatic N) is 2. The third-order valence-corrected chi connectivity index (χ3v) is 3.34. The van der Waals surface area contributed by atoms with Crippen LogP contribution in [0.4, 0.5) is 0 Å². The number of hydrogen-bond donors (Lipinski definition) is 0. The second-order valence-corrected chi connectivity index (χ2v) is 4.50. The smallest absolute Gasteiger partial charge is 0.194 e. The van der Waals surface area contributed by atoms with E-state index in [1.165, 1.54) is 12.6 Å². The van der Waals surface area contributed by atoms with Crippen LogP contribution in [0.1, 0.15) is 47.6 Å². The van der Waals surface area contributed by atoms with E-state index in [2.05, 4.69) is 9.55 Å². The second-order valence-electron chi connectivity index (χ2n) is 4.50. The Morgan fingerprint density at radius 2 is 2.47 bits per heavy atom. The van der Waals surface area contributed by atoms with E-state index in [4.69, 9.17) is 4.42 Å². The molecule has 0 aromatic carbocycles. The summed E-state index contributed by atoms with van der Waals surface area (Å²) in [5.74, 6) is 0.408. The van der Waals surface area contributed by atoms with Crippen LogP contribution in [0.5, 0.6) is 0 Å². The molecule has 0 amide bonds. The van der Waals surface area contributed by atoms with Crippen molar-refractivity contribution in [3.05, 3.63) is 41.9 Å². The Morgan fingerprint density at radius 3 is 3.24 bits per heavy atom. The summed E-state index contributed by atoms with van der Waals surface area (Å²) >= 11 is 0. The van der Waals surface area contributed by atoms with Crippen LogP contribution >= 0.6 is 0 Å². The van der Waals surface area contributed by atoms with E-state index in [0.717, 1.165) is 24.8 Å². The minimum Gasteiger partial charge on any atom is -0.461 e. The van der Waals surface area contributed by atoms with Crippen LogP contribution in [0.25, 0.3) is 0 Å². The lowest BCUT2D eigenvalue weighted by Gasteiger charge is -2.24. The predicted octanol–water partition coefficient (Wildman–Crippen LogP) is 2.60. The Bertz CT molecular complexity index is 553. The number of ketones is 1. The lowest BCUT2D eigenvalue weighted by molar-refractivity contribution is 0.0987. The lowest BCUT2D eigenvalue weighted by Crippen LogP contribution is -2.17. The molecule has 3 rings (SSSR count). The van der Waals surface area contributed by atoms with Gasteiger partial charge < -0.3 is 8.98 Å². The molecule has 4 heteroatoms. The number of aromatic nitrogens is 2. The molecule has 1 aliphatic heterocycles. The highest BCUT2D eigenvalue weighted by Gasteiger charge is 2.23. The standard InChI is InChI=1S/C13H14N2O2/c1-9(16)13-5-10(7-17-13)12-4-2-3-11-6-14-8-15(11)12/h5-8,12H,2-4H2,1H3. The van der Waals surface area contributed by atoms with Gasteiger partial charge in [0.15, 0.2) is 11.5 Å². The predicted molar refractivity (Wildman–Crippen MR) is 62.0 cm³/mol. The number of fused-ring (bicyclic) bond motifs is 1. The summed E-state index contributed by atoms with van der Waals surface area (Å²) in [6.07, 6.45) is 8.76. The van der Waals surface area contributed by atoms with Gasteiger partial charge in [0, 0.05) is 24.4 Å². The minimum absolute atomic E-state index is 0.0297. The van der Waals surface area contributed by atoms with E-state index in [9.17, 15) is 4.79 Å². The van der Waals surface area contributed by atoms with Gasteiger partial charge in [-0.3, -0.25) is 4.79 Å². The third kappa shape index (κ3) is 1.69. The molecule has 2 aromatic rings. The minimum atomic E-state index is -0.0297. The first-order chi connectivity index (χ1) is 8.25. The Kier molecular flexibility index (Phi) is 2.35. The van der Waals surface area contributed by atoms with Crippen molar-refractivity contribution in [2.75, 3.05) is 0 Å². The molecule has 0 spiro atoms. The van der Waals surface area contributed by atoms with E-state index >= 15 is 0 Å². The maximum Gasteiger partial charge on any atom is 0.194 e. The molecule has 0 saturated carbocycles. The molecular formula is C13H14N2O2. The van der Waals surface area contributed by atoms with Crippen molar-refractivity contribution in [1.29, 1.82) is 0 Å². The maximum absolute atomic E-state index is 11.2. The number of hydrogen-bond acceptors (Lipinski definition) is 3. The topological polar surface area (TPSA) is 48.0 Å². The van der Waals surface area contributed by atoms with Gasteiger partial charge in [0.1, 0.15) is 0 Å². The van der Waals surface area contributed by atoms with Crippen LogP contribution in [-0.4, -0.2) is 15.3 Å². The van der Waals surface area contributed by atoms with Gasteiger partial charge in [-0.2, -0.15) is 0 Å². The van der Waals surface area contributed by atoms with Crippen molar-refractivity contribution >= 4 is 5.78 Å². The number of furan rings is 1. The highest BCUT2D eigenvalue weighted by Crippen LogP contribution is 2.31. The van der Waals surface area contributed by atoms with E-state index in [1.54, 1.807) is 6.26 Å². The molecule has 0 saturated heterocycles. The lowest BCUT2D eigenvalue weighted by atomic mass is 9.98. The molecule has 0 radical (unpaired) electrons. The molecule has 0 aliphatic carbocycles. The number of carbonyl (C=O) groups excluding carboxylic acids is 1. The highest BCUT2D eigenvalue weighted by molar-refractivity contribution is 5.91. The van der Waals surface area contributed by atoms with Crippen molar-refractivity contribution in [3.8, 4) is 0 Å². The fourth-order valence-electron chi connectivity index (χ4n) is 2.46. The van der Waals surface area contributed by atoms with Gasteiger partial charge >= 0.3 is 0 Å². The third-order valence-electron chi connectivity index (χ3n) is 3.34. The Hall–Kier alpha value is -1.84. The Morgan fingerprint density at radius 1 is 1.59 bits per heavy atom. The number of imidazole rings is 1. The summed E-state index contributed by atoms with van der Waals surface area (Å²) in [5, 5.41) is 0. The zero-order valence-electron chi connectivity index (χ0n) is 9.72. The Balaban J connectivity index is 1.98. The van der Waals surface area contributed by atoms with Crippen LogP contribution in [0.3, 0.4) is 0 Å². The molecule has 0 bridgehead atoms. The highest BCUT2D eigenvalue weighted by atomic mass is 16.3. The molecule has 1 atom stereocenters. The average molecular weight is 230 g/mol. The molecule has 3 heterocycles. The van der Waals surface area contributed by atoms with Gasteiger partial charge in [0.05, 0.1) is 18.6 Å². The second kappa shape index (κ2) is 3.87. The van der Waals surface area contributed by atoms with Crippen molar-refractivity contribution in [2.45, 2.75) is 32.2 Å². The van der Waals surface area contributed by atoms with Gasteiger partial charge in [-0.25, -0.2) is 4.98 Å². The quantitative estimate of drug-likeness (QED) is 0.745. The van der Waals surface area contributed by atoms with E-state index in [0.29, 0.717) is 5.76 Å². The largest absolute Gasteiger partial charge is 0.461 e. The van der Waals surface area contributed by atoms with Gasteiger partial charge in [0.25, 0.3) is 0 Å². The van der Waals surface area contributed by atoms with Gasteiger partial charge in [-0.1, -0.05) is 0 Å². The molecule has 17 heavy (non-hydrogen) atoms. The first kappa shape index (κ1) is 10.3. The van der Waals surface area contributed by atoms with Gasteiger partial charge in [-0.05, 0) is 25.3 Å². The van der Waals surface area contributed by atoms with Gasteiger partial charge in [-0.15, -0.1) is 0 Å². The molecule has 2 aromatic heterocycles. The van der Waals surface area contributed by atoms with Gasteiger partial charge in [0.2, 0.25) is 0 Å². The van der Waals surface area contributed by atoms with Crippen LogP contribution in [0.15, 0.2) is 29.3 Å². The normalized spacial score (nSPS) is 19.0. The number of Topliss-reactive ketones (excluding diaryl/α,β-unsaturated/α-hetero) is 1. The summed E-state index contributed by atoms with van der Waals surface area (Å²) in [7, 11) is 0. The van der Waals surface area contributed by atoms with E-state index < -0.39 is 0 Å². The fraction of sp³-hybridized carbons (Fsp3) is 0.385. The summed E-state index contributed by atoms with van der Waals surface area (Å²) in [6.45, 7) is 1.52. The van der Waals surface area contributed by atoms with E-state index in [-0.39, 0.29) is 11.8 Å². The molecule has 1 unspecified atom stereocenters. The molecule has 88 valence electrons. The van der Waals surface area contributed by atoms with Crippen molar-refractivity contribution in [2.24, 2.45) is 0 Å². The Labute approximate surface area is 99.3 Å². The van der Waals surface area contributed by atoms with Crippen molar-refractivity contribution < 1.29 is 9.21 Å². The molecule has 1 aliphatic rings. The summed E-state index contributed by atoms with van der Waals surface area (Å²) in [6, 6.07) is 2.11. The van der Waals surface area contributed by atoms with Crippen LogP contribution in [0, 0.1) is 0 Å². The van der Waals surface area contributed by atoms with Crippen LogP contribution < -0.4 is 0 Å². The SMILES string of the molecule is CC(=O)c1cc(C2CCCc3cncn32)co1. The maximum atomic E-state index is 11.2. The summed E-state index contributed by atoms with van der Waals surface area (Å²) < 4.78 is 7.47. The van der Waals surface area contributed by atoms with Crippen molar-refractivity contribution in [1.82, 2.24) is 9.55 Å². The number of carbonyl (C=O) groups is 1. The van der Waals surface area contributed by atoms with E-state index in [1.807, 2.05) is 18.6 Å². The fourth-order valence-corrected chi connectivity index (χ4v) is 2.46. The summed E-state index contributed by atoms with van der Waals surface area (Å²) in [4.78, 5) is 15.4. The average Bonchev–Trinajstić information content (AvgIpc) is 2.97. The zero-order valence-corrected chi connectivity index (χ0v) is 9.72. The van der Waals surface area contributed by atoms with Crippen LogP contribution in [0.2, 0.25) is 0 Å². The number of rotatable bonds is 2. The first-order valence-electron chi connectivity index (χ1n) is 5.86. The summed E-state index contributed by atoms with van der Waals surface area (Å²) in [5.41, 5.74) is 2.32. The zero-order chi connectivity index (χ0) is 11.8. The molecule has 4 nitrogen and oxygen atoms in total.